The molecule has 1 aromatic carbocycles. The van der Waals surface area contributed by atoms with Gasteiger partial charge >= 0.3 is 5.97 Å². The van der Waals surface area contributed by atoms with Crippen molar-refractivity contribution in [1.82, 2.24) is 0 Å². The lowest BCUT2D eigenvalue weighted by molar-refractivity contribution is -0.149. The number of hydrogen-bond acceptors (Lipinski definition) is 1. The molecule has 1 aromatic rings. The standard InChI is InChI=1S/C13H15FO2/c1-13(12(15)16,10-5-6-10)8-9-3-2-4-11(14)7-9/h2-4,7,10H,5-6,8H2,1H3,(H,15,16). The lowest BCUT2D eigenvalue weighted by atomic mass is 9.79. The summed E-state index contributed by atoms with van der Waals surface area (Å²) in [5, 5.41) is 9.28. The van der Waals surface area contributed by atoms with Crippen LogP contribution in [0.2, 0.25) is 0 Å². The van der Waals surface area contributed by atoms with Crippen molar-refractivity contribution in [3.63, 3.8) is 0 Å². The van der Waals surface area contributed by atoms with Crippen molar-refractivity contribution in [1.29, 1.82) is 0 Å². The van der Waals surface area contributed by atoms with Gasteiger partial charge < -0.3 is 5.11 Å². The number of carbonyl (C=O) groups is 1. The molecule has 1 saturated carbocycles. The number of carboxylic acids is 1. The Morgan fingerprint density at radius 2 is 2.25 bits per heavy atom. The van der Waals surface area contributed by atoms with Crippen molar-refractivity contribution in [2.45, 2.75) is 26.2 Å². The van der Waals surface area contributed by atoms with Crippen LogP contribution in [0.5, 0.6) is 0 Å². The Labute approximate surface area is 94.1 Å². The van der Waals surface area contributed by atoms with Crippen molar-refractivity contribution in [2.24, 2.45) is 11.3 Å². The van der Waals surface area contributed by atoms with Crippen LogP contribution in [0.1, 0.15) is 25.3 Å². The summed E-state index contributed by atoms with van der Waals surface area (Å²) in [5.41, 5.74) is 0.0187. The van der Waals surface area contributed by atoms with Crippen LogP contribution in [0.25, 0.3) is 0 Å². The summed E-state index contributed by atoms with van der Waals surface area (Å²) >= 11 is 0. The summed E-state index contributed by atoms with van der Waals surface area (Å²) in [7, 11) is 0. The molecule has 1 aliphatic carbocycles. The van der Waals surface area contributed by atoms with Gasteiger partial charge in [0.1, 0.15) is 5.82 Å². The van der Waals surface area contributed by atoms with Gasteiger partial charge in [0, 0.05) is 0 Å². The molecule has 0 bridgehead atoms. The minimum Gasteiger partial charge on any atom is -0.481 e. The molecular weight excluding hydrogens is 207 g/mol. The molecule has 0 saturated heterocycles. The van der Waals surface area contributed by atoms with Crippen molar-refractivity contribution >= 4 is 5.97 Å². The molecule has 0 radical (unpaired) electrons. The van der Waals surface area contributed by atoms with Crippen LogP contribution >= 0.6 is 0 Å². The Morgan fingerprint density at radius 3 is 2.75 bits per heavy atom. The van der Waals surface area contributed by atoms with Gasteiger partial charge in [-0.05, 0) is 49.8 Å². The van der Waals surface area contributed by atoms with Crippen molar-refractivity contribution in [3.8, 4) is 0 Å². The fourth-order valence-electron chi connectivity index (χ4n) is 2.19. The topological polar surface area (TPSA) is 37.3 Å². The average Bonchev–Trinajstić information content (AvgIpc) is 3.00. The van der Waals surface area contributed by atoms with Crippen LogP contribution in [0, 0.1) is 17.2 Å². The van der Waals surface area contributed by atoms with Gasteiger partial charge in [-0.25, -0.2) is 4.39 Å². The molecule has 0 aliphatic heterocycles. The summed E-state index contributed by atoms with van der Waals surface area (Å²) in [6.07, 6.45) is 2.35. The zero-order chi connectivity index (χ0) is 11.8. The summed E-state index contributed by atoms with van der Waals surface area (Å²) in [6.45, 7) is 1.76. The zero-order valence-corrected chi connectivity index (χ0v) is 9.24. The number of hydrogen-bond donors (Lipinski definition) is 1. The molecule has 1 N–H and O–H groups in total. The third kappa shape index (κ3) is 2.08. The molecule has 2 rings (SSSR count). The molecule has 0 heterocycles. The van der Waals surface area contributed by atoms with Crippen LogP contribution < -0.4 is 0 Å². The van der Waals surface area contributed by atoms with Crippen molar-refractivity contribution < 1.29 is 14.3 Å². The molecule has 1 unspecified atom stereocenters. The van der Waals surface area contributed by atoms with E-state index < -0.39 is 11.4 Å². The number of carboxylic acid groups (broad SMARTS) is 1. The second-order valence-electron chi connectivity index (χ2n) is 4.80. The Hall–Kier alpha value is -1.38. The highest BCUT2D eigenvalue weighted by Gasteiger charge is 2.47. The van der Waals surface area contributed by atoms with Crippen LogP contribution in [-0.2, 0) is 11.2 Å². The van der Waals surface area contributed by atoms with E-state index in [-0.39, 0.29) is 11.7 Å². The van der Waals surface area contributed by atoms with Gasteiger partial charge in [0.15, 0.2) is 0 Å². The van der Waals surface area contributed by atoms with Crippen molar-refractivity contribution in [3.05, 3.63) is 35.6 Å². The van der Waals surface area contributed by atoms with E-state index in [9.17, 15) is 14.3 Å². The first-order valence-electron chi connectivity index (χ1n) is 5.50. The van der Waals surface area contributed by atoms with E-state index in [0.717, 1.165) is 18.4 Å². The normalized spacial score (nSPS) is 19.1. The molecule has 3 heteroatoms. The lowest BCUT2D eigenvalue weighted by Crippen LogP contribution is -2.32. The molecule has 1 aliphatic rings. The summed E-state index contributed by atoms with van der Waals surface area (Å²) < 4.78 is 13.0. The SMILES string of the molecule is CC(Cc1cccc(F)c1)(C(=O)O)C1CC1. The van der Waals surface area contributed by atoms with Gasteiger partial charge in [-0.15, -0.1) is 0 Å². The number of rotatable bonds is 4. The smallest absolute Gasteiger partial charge is 0.309 e. The Balaban J connectivity index is 2.21. The first-order valence-corrected chi connectivity index (χ1v) is 5.50. The first-order chi connectivity index (χ1) is 7.52. The summed E-state index contributed by atoms with van der Waals surface area (Å²) in [6, 6.07) is 6.20. The molecule has 0 amide bonds. The number of benzene rings is 1. The highest BCUT2D eigenvalue weighted by Crippen LogP contribution is 2.47. The monoisotopic (exact) mass is 222 g/mol. The van der Waals surface area contributed by atoms with Crippen LogP contribution in [-0.4, -0.2) is 11.1 Å². The fraction of sp³-hybridized carbons (Fsp3) is 0.462. The van der Waals surface area contributed by atoms with E-state index in [1.165, 1.54) is 12.1 Å². The molecule has 1 atom stereocenters. The Bertz CT molecular complexity index is 412. The average molecular weight is 222 g/mol. The highest BCUT2D eigenvalue weighted by atomic mass is 19.1. The maximum Gasteiger partial charge on any atom is 0.309 e. The zero-order valence-electron chi connectivity index (χ0n) is 9.24. The largest absolute Gasteiger partial charge is 0.481 e. The van der Waals surface area contributed by atoms with E-state index >= 15 is 0 Å². The Morgan fingerprint density at radius 1 is 1.56 bits per heavy atom. The minimum absolute atomic E-state index is 0.244. The van der Waals surface area contributed by atoms with Gasteiger partial charge in [-0.1, -0.05) is 12.1 Å². The van der Waals surface area contributed by atoms with Crippen LogP contribution in [0.4, 0.5) is 4.39 Å². The second-order valence-corrected chi connectivity index (χ2v) is 4.80. The van der Waals surface area contributed by atoms with E-state index in [2.05, 4.69) is 0 Å². The molecule has 1 fully saturated rings. The molecule has 86 valence electrons. The quantitative estimate of drug-likeness (QED) is 0.850. The van der Waals surface area contributed by atoms with E-state index in [0.29, 0.717) is 6.42 Å². The van der Waals surface area contributed by atoms with Gasteiger partial charge in [0.05, 0.1) is 5.41 Å². The van der Waals surface area contributed by atoms with Crippen LogP contribution in [0.15, 0.2) is 24.3 Å². The molecular formula is C13H15FO2. The summed E-state index contributed by atoms with van der Waals surface area (Å²) in [4.78, 5) is 11.3. The predicted octanol–water partition coefficient (Wildman–Crippen LogP) is 2.87. The second kappa shape index (κ2) is 3.89. The van der Waals surface area contributed by atoms with E-state index in [1.54, 1.807) is 19.1 Å². The highest BCUT2D eigenvalue weighted by molar-refractivity contribution is 5.75. The lowest BCUT2D eigenvalue weighted by Gasteiger charge is -2.24. The van der Waals surface area contributed by atoms with Crippen molar-refractivity contribution in [2.75, 3.05) is 0 Å². The fourth-order valence-corrected chi connectivity index (χ4v) is 2.19. The minimum atomic E-state index is -0.778. The predicted molar refractivity (Wildman–Crippen MR) is 58.6 cm³/mol. The maximum atomic E-state index is 13.0. The van der Waals surface area contributed by atoms with Gasteiger partial charge in [0.25, 0.3) is 0 Å². The third-order valence-corrected chi connectivity index (χ3v) is 3.43. The molecule has 0 aromatic heterocycles. The molecule has 2 nitrogen and oxygen atoms in total. The van der Waals surface area contributed by atoms with Gasteiger partial charge in [-0.3, -0.25) is 4.79 Å². The van der Waals surface area contributed by atoms with Gasteiger partial charge in [0.2, 0.25) is 0 Å². The maximum absolute atomic E-state index is 13.0. The molecule has 16 heavy (non-hydrogen) atoms. The van der Waals surface area contributed by atoms with E-state index in [4.69, 9.17) is 0 Å². The number of halogens is 1. The van der Waals surface area contributed by atoms with Crippen LogP contribution in [0.3, 0.4) is 0 Å². The number of aliphatic carboxylic acids is 1. The van der Waals surface area contributed by atoms with Gasteiger partial charge in [-0.2, -0.15) is 0 Å². The third-order valence-electron chi connectivity index (χ3n) is 3.43. The van der Waals surface area contributed by atoms with E-state index in [1.807, 2.05) is 0 Å². The summed E-state index contributed by atoms with van der Waals surface area (Å²) in [5.74, 6) is -0.839. The first kappa shape index (κ1) is 11.1. The Kier molecular flexibility index (Phi) is 2.70. The molecule has 0 spiro atoms.